The van der Waals surface area contributed by atoms with Crippen LogP contribution in [0.2, 0.25) is 5.02 Å². The molecule has 2 aromatic carbocycles. The van der Waals surface area contributed by atoms with Crippen LogP contribution in [-0.4, -0.2) is 0 Å². The van der Waals surface area contributed by atoms with E-state index in [4.69, 9.17) is 17.3 Å². The van der Waals surface area contributed by atoms with Crippen molar-refractivity contribution in [1.82, 2.24) is 0 Å². The molecule has 0 saturated carbocycles. The quantitative estimate of drug-likeness (QED) is 0.613. The maximum Gasteiger partial charge on any atom is 0.165 e. The van der Waals surface area contributed by atoms with Gasteiger partial charge in [0.25, 0.3) is 0 Å². The van der Waals surface area contributed by atoms with Crippen molar-refractivity contribution in [3.05, 3.63) is 50.8 Å². The molecule has 2 nitrogen and oxygen atoms in total. The number of rotatable bonds is 2. The molecule has 0 atom stereocenters. The van der Waals surface area contributed by atoms with Crippen molar-refractivity contribution in [3.8, 4) is 0 Å². The molecule has 0 fully saturated rings. The summed E-state index contributed by atoms with van der Waals surface area (Å²) in [5, 5.41) is 3.08. The smallest absolute Gasteiger partial charge is 0.165 e. The van der Waals surface area contributed by atoms with E-state index in [1.807, 2.05) is 6.07 Å². The normalized spacial score (nSPS) is 10.3. The van der Waals surface area contributed by atoms with Gasteiger partial charge in [-0.05, 0) is 52.9 Å². The summed E-state index contributed by atoms with van der Waals surface area (Å²) in [4.78, 5) is 0. The third-order valence-electron chi connectivity index (χ3n) is 2.21. The first-order valence-corrected chi connectivity index (χ1v) is 6.29. The van der Waals surface area contributed by atoms with E-state index in [0.717, 1.165) is 9.26 Å². The SMILES string of the molecule is Nc1ccc(Nc2cccc(Cl)c2F)c(I)c1. The summed E-state index contributed by atoms with van der Waals surface area (Å²) in [7, 11) is 0. The molecule has 88 valence electrons. The molecule has 2 rings (SSSR count). The van der Waals surface area contributed by atoms with Gasteiger partial charge >= 0.3 is 0 Å². The van der Waals surface area contributed by atoms with Crippen LogP contribution in [0.1, 0.15) is 0 Å². The van der Waals surface area contributed by atoms with Crippen LogP contribution in [0.25, 0.3) is 0 Å². The lowest BCUT2D eigenvalue weighted by atomic mass is 10.2. The van der Waals surface area contributed by atoms with E-state index in [1.54, 1.807) is 24.3 Å². The maximum absolute atomic E-state index is 13.7. The zero-order chi connectivity index (χ0) is 12.4. The predicted molar refractivity (Wildman–Crippen MR) is 78.3 cm³/mol. The third-order valence-corrected chi connectivity index (χ3v) is 3.40. The molecular formula is C12H9ClFIN2. The number of benzene rings is 2. The van der Waals surface area contributed by atoms with E-state index in [9.17, 15) is 4.39 Å². The van der Waals surface area contributed by atoms with E-state index >= 15 is 0 Å². The number of hydrogen-bond donors (Lipinski definition) is 2. The van der Waals surface area contributed by atoms with Gasteiger partial charge in [-0.2, -0.15) is 0 Å². The number of anilines is 3. The maximum atomic E-state index is 13.7. The van der Waals surface area contributed by atoms with Crippen molar-refractivity contribution >= 4 is 51.3 Å². The van der Waals surface area contributed by atoms with Crippen LogP contribution in [0.3, 0.4) is 0 Å². The lowest BCUT2D eigenvalue weighted by molar-refractivity contribution is 0.632. The summed E-state index contributed by atoms with van der Waals surface area (Å²) in [6.07, 6.45) is 0. The van der Waals surface area contributed by atoms with Gasteiger partial charge < -0.3 is 11.1 Å². The minimum Gasteiger partial charge on any atom is -0.399 e. The van der Waals surface area contributed by atoms with Crippen molar-refractivity contribution in [1.29, 1.82) is 0 Å². The van der Waals surface area contributed by atoms with Crippen LogP contribution >= 0.6 is 34.2 Å². The average Bonchev–Trinajstić information content (AvgIpc) is 2.28. The number of nitrogen functional groups attached to an aromatic ring is 1. The molecule has 3 N–H and O–H groups in total. The molecule has 0 aliphatic rings. The molecule has 0 amide bonds. The lowest BCUT2D eigenvalue weighted by Gasteiger charge is -2.10. The minimum absolute atomic E-state index is 0.0976. The second-order valence-corrected chi connectivity index (χ2v) is 5.04. The zero-order valence-electron chi connectivity index (χ0n) is 8.68. The first kappa shape index (κ1) is 12.4. The summed E-state index contributed by atoms with van der Waals surface area (Å²) in [6, 6.07) is 10.2. The Morgan fingerprint density at radius 2 is 1.94 bits per heavy atom. The van der Waals surface area contributed by atoms with Gasteiger partial charge in [-0.25, -0.2) is 4.39 Å². The molecule has 0 aromatic heterocycles. The fourth-order valence-electron chi connectivity index (χ4n) is 1.38. The standard InChI is InChI=1S/C12H9ClFIN2/c13-8-2-1-3-11(12(8)14)17-10-5-4-7(16)6-9(10)15/h1-6,17H,16H2. The highest BCUT2D eigenvalue weighted by Crippen LogP contribution is 2.28. The predicted octanol–water partition coefficient (Wildman–Crippen LogP) is 4.41. The summed E-state index contributed by atoms with van der Waals surface area (Å²) < 4.78 is 14.6. The molecule has 0 spiro atoms. The minimum atomic E-state index is -0.457. The molecule has 0 aliphatic carbocycles. The van der Waals surface area contributed by atoms with Gasteiger partial charge in [0.05, 0.1) is 16.4 Å². The first-order chi connectivity index (χ1) is 8.08. The Labute approximate surface area is 117 Å². The van der Waals surface area contributed by atoms with Crippen molar-refractivity contribution < 1.29 is 4.39 Å². The van der Waals surface area contributed by atoms with Crippen molar-refractivity contribution in [2.75, 3.05) is 11.1 Å². The molecule has 17 heavy (non-hydrogen) atoms. The Morgan fingerprint density at radius 1 is 1.18 bits per heavy atom. The molecule has 0 unspecified atom stereocenters. The molecule has 0 bridgehead atoms. The number of halogens is 3. The number of nitrogens with one attached hydrogen (secondary N) is 1. The lowest BCUT2D eigenvalue weighted by Crippen LogP contribution is -1.97. The Balaban J connectivity index is 2.35. The van der Waals surface area contributed by atoms with Crippen molar-refractivity contribution in [3.63, 3.8) is 0 Å². The van der Waals surface area contributed by atoms with Gasteiger partial charge in [0.2, 0.25) is 0 Å². The van der Waals surface area contributed by atoms with Gasteiger partial charge in [-0.3, -0.25) is 0 Å². The Morgan fingerprint density at radius 3 is 2.65 bits per heavy atom. The number of nitrogens with two attached hydrogens (primary N) is 1. The van der Waals surface area contributed by atoms with E-state index in [2.05, 4.69) is 27.9 Å². The Kier molecular flexibility index (Phi) is 3.73. The molecule has 0 heterocycles. The summed E-state index contributed by atoms with van der Waals surface area (Å²) >= 11 is 7.84. The van der Waals surface area contributed by atoms with Crippen molar-refractivity contribution in [2.45, 2.75) is 0 Å². The van der Waals surface area contributed by atoms with Crippen LogP contribution in [0, 0.1) is 9.39 Å². The Bertz CT molecular complexity index is 560. The molecule has 0 radical (unpaired) electrons. The summed E-state index contributed by atoms with van der Waals surface area (Å²) in [6.45, 7) is 0. The van der Waals surface area contributed by atoms with E-state index in [0.29, 0.717) is 11.4 Å². The molecule has 5 heteroatoms. The fraction of sp³-hybridized carbons (Fsp3) is 0. The van der Waals surface area contributed by atoms with Gasteiger partial charge in [-0.15, -0.1) is 0 Å². The van der Waals surface area contributed by atoms with Gasteiger partial charge in [0.1, 0.15) is 0 Å². The average molecular weight is 363 g/mol. The summed E-state index contributed by atoms with van der Waals surface area (Å²) in [5.74, 6) is -0.457. The van der Waals surface area contributed by atoms with Gasteiger partial charge in [0.15, 0.2) is 5.82 Å². The van der Waals surface area contributed by atoms with Crippen LogP contribution in [0.15, 0.2) is 36.4 Å². The largest absolute Gasteiger partial charge is 0.399 e. The monoisotopic (exact) mass is 362 g/mol. The Hall–Kier alpha value is -1.01. The molecular weight excluding hydrogens is 354 g/mol. The summed E-state index contributed by atoms with van der Waals surface area (Å²) in [5.41, 5.74) is 7.46. The molecule has 2 aromatic rings. The molecule has 0 aliphatic heterocycles. The highest BCUT2D eigenvalue weighted by atomic mass is 127. The third kappa shape index (κ3) is 2.81. The van der Waals surface area contributed by atoms with E-state index in [-0.39, 0.29) is 5.02 Å². The highest BCUT2D eigenvalue weighted by Gasteiger charge is 2.07. The zero-order valence-corrected chi connectivity index (χ0v) is 11.6. The van der Waals surface area contributed by atoms with Crippen LogP contribution in [0.5, 0.6) is 0 Å². The van der Waals surface area contributed by atoms with Crippen LogP contribution in [0.4, 0.5) is 21.5 Å². The van der Waals surface area contributed by atoms with E-state index in [1.165, 1.54) is 6.07 Å². The second-order valence-electron chi connectivity index (χ2n) is 3.47. The van der Waals surface area contributed by atoms with Gasteiger partial charge in [0, 0.05) is 9.26 Å². The van der Waals surface area contributed by atoms with Crippen molar-refractivity contribution in [2.24, 2.45) is 0 Å². The molecule has 0 saturated heterocycles. The van der Waals surface area contributed by atoms with Crippen LogP contribution in [-0.2, 0) is 0 Å². The highest BCUT2D eigenvalue weighted by molar-refractivity contribution is 14.1. The number of hydrogen-bond acceptors (Lipinski definition) is 2. The fourth-order valence-corrected chi connectivity index (χ4v) is 2.23. The van der Waals surface area contributed by atoms with Gasteiger partial charge in [-0.1, -0.05) is 17.7 Å². The first-order valence-electron chi connectivity index (χ1n) is 4.84. The second kappa shape index (κ2) is 5.10. The topological polar surface area (TPSA) is 38.0 Å². The van der Waals surface area contributed by atoms with E-state index < -0.39 is 5.82 Å². The van der Waals surface area contributed by atoms with Crippen LogP contribution < -0.4 is 11.1 Å².